The molecule has 35 heteroatoms. The van der Waals surface area contributed by atoms with E-state index in [1.807, 2.05) is 20.8 Å². The van der Waals surface area contributed by atoms with Gasteiger partial charge in [-0.15, -0.1) is 0 Å². The molecule has 10 aliphatic rings. The second-order valence-electron chi connectivity index (χ2n) is 29.5. The van der Waals surface area contributed by atoms with Gasteiger partial charge in [0, 0.05) is 12.8 Å². The number of aliphatic hydroxyl groups is 16. The van der Waals surface area contributed by atoms with Gasteiger partial charge in [0.25, 0.3) is 0 Å². The summed E-state index contributed by atoms with van der Waals surface area (Å²) < 4.78 is 114. The van der Waals surface area contributed by atoms with Crippen LogP contribution < -0.4 is 29.6 Å². The van der Waals surface area contributed by atoms with Gasteiger partial charge in [0.2, 0.25) is 10.4 Å². The number of hydrogen-bond acceptors (Lipinski definition) is 33. The van der Waals surface area contributed by atoms with Gasteiger partial charge in [-0.3, -0.25) is 8.98 Å². The van der Waals surface area contributed by atoms with Crippen LogP contribution >= 0.6 is 0 Å². The Hall–Kier alpha value is -0.840. The molecule has 6 saturated heterocycles. The van der Waals surface area contributed by atoms with Gasteiger partial charge in [0.1, 0.15) is 128 Å². The molecule has 0 radical (unpaired) electrons. The fourth-order valence-corrected chi connectivity index (χ4v) is 17.7. The Kier molecular flexibility index (Phi) is 26.2. The smallest absolute Gasteiger partial charge is 0.726 e. The van der Waals surface area contributed by atoms with Crippen LogP contribution in [0.1, 0.15) is 113 Å². The maximum Gasteiger partial charge on any atom is 1.00 e. The van der Waals surface area contributed by atoms with Crippen molar-refractivity contribution in [3.05, 3.63) is 11.6 Å². The minimum absolute atomic E-state index is 0. The maximum absolute atomic E-state index is 13.3. The second-order valence-corrected chi connectivity index (χ2v) is 30.5. The van der Waals surface area contributed by atoms with Crippen LogP contribution in [-0.4, -0.2) is 316 Å². The van der Waals surface area contributed by atoms with Gasteiger partial charge in [0.05, 0.1) is 55.9 Å². The third-order valence-electron chi connectivity index (χ3n) is 22.4. The van der Waals surface area contributed by atoms with Crippen molar-refractivity contribution in [3.8, 4) is 0 Å². The molecule has 32 unspecified atom stereocenters. The molecule has 9 fully saturated rings. The zero-order valence-electron chi connectivity index (χ0n) is 55.9. The molecule has 0 aromatic carbocycles. The van der Waals surface area contributed by atoms with Crippen molar-refractivity contribution >= 4 is 16.2 Å². The monoisotopic (exact) mass is 1430 g/mol. The average Bonchev–Trinajstić information content (AvgIpc) is 1.69. The number of fused-ring (bicyclic) bond motifs is 5. The number of carbonyl (C=O) groups excluding carboxylic acids is 1. The number of Topliss-reactive ketones (excluding diaryl/α,β-unsaturated/α-hetero) is 1. The Balaban J connectivity index is 0.0000110. The van der Waals surface area contributed by atoms with E-state index in [4.69, 9.17) is 61.0 Å². The summed E-state index contributed by atoms with van der Waals surface area (Å²) in [5.74, 6) is -1.01. The summed E-state index contributed by atoms with van der Waals surface area (Å²) in [6.07, 6.45) is -49.0. The van der Waals surface area contributed by atoms with Crippen LogP contribution in [0.25, 0.3) is 0 Å². The summed E-state index contributed by atoms with van der Waals surface area (Å²) in [6.45, 7) is 11.4. The summed E-state index contributed by atoms with van der Waals surface area (Å²) in [6, 6.07) is 0. The first-order chi connectivity index (χ1) is 44.9. The Labute approximate surface area is 584 Å². The number of aliphatic hydroxyl groups excluding tert-OH is 15. The first-order valence-electron chi connectivity index (χ1n) is 33.4. The molecule has 97 heavy (non-hydrogen) atoms. The molecule has 33 nitrogen and oxygen atoms in total. The van der Waals surface area contributed by atoms with Gasteiger partial charge in [-0.25, -0.2) is 8.42 Å². The minimum Gasteiger partial charge on any atom is -0.726 e. The fraction of sp³-hybridized carbons (Fsp3) is 0.952. The molecule has 3 saturated carbocycles. The van der Waals surface area contributed by atoms with E-state index in [1.54, 1.807) is 6.92 Å². The molecule has 0 aromatic rings. The normalized spacial score (nSPS) is 51.1. The van der Waals surface area contributed by atoms with E-state index < -0.39 is 243 Å². The van der Waals surface area contributed by atoms with Gasteiger partial charge >= 0.3 is 29.6 Å². The summed E-state index contributed by atoms with van der Waals surface area (Å²) in [7, 11) is -5.17. The average molecular weight is 1430 g/mol. The third kappa shape index (κ3) is 16.3. The van der Waals surface area contributed by atoms with Crippen molar-refractivity contribution in [2.45, 2.75) is 309 Å². The molecule has 554 valence electrons. The Morgan fingerprint density at radius 3 is 1.64 bits per heavy atom. The topological polar surface area (TPSA) is 518 Å². The van der Waals surface area contributed by atoms with Crippen molar-refractivity contribution in [2.24, 2.45) is 40.4 Å². The molecule has 6 aliphatic heterocycles. The van der Waals surface area contributed by atoms with E-state index in [0.717, 1.165) is 5.57 Å². The number of hydrogen-bond donors (Lipinski definition) is 16. The molecule has 4 aliphatic carbocycles. The van der Waals surface area contributed by atoms with Gasteiger partial charge in [0.15, 0.2) is 37.7 Å². The second kappa shape index (κ2) is 31.7. The fourth-order valence-electron chi connectivity index (χ4n) is 17.2. The summed E-state index contributed by atoms with van der Waals surface area (Å²) in [5, 5.41) is 179. The number of ketones is 1. The molecule has 16 N–H and O–H groups in total. The zero-order chi connectivity index (χ0) is 70.3. The molecule has 38 atom stereocenters. The van der Waals surface area contributed by atoms with Crippen molar-refractivity contribution in [1.82, 2.24) is 0 Å². The SMILES string of the molecule is CC(C)CC(=O)CC(C)(O)[C@H]1CCC2C3C[C@H](OC4OC(C)C(O)C(OC5OCC(OC6OC(CO)C(O)C(O)C6OC6OC(C)C(O)C(OC7OC(CO)C(O)C(O)C7O)C6O)C(O)C5OC5OC(C)C(O)C(O)C5O)C4O)[C@H]4C[C@@H](OS(=O)(=O)[O-])CC[C@]4(C)C3=CC[C@@]21C.[Na+]. The first kappa shape index (κ1) is 80.3. The Morgan fingerprint density at radius 1 is 0.588 bits per heavy atom. The van der Waals surface area contributed by atoms with Crippen LogP contribution in [0.3, 0.4) is 0 Å². The maximum atomic E-state index is 13.3. The van der Waals surface area contributed by atoms with Crippen LogP contribution in [0.2, 0.25) is 0 Å². The standard InChI is InChI=1S/C62H102O33S.Na/c1-22(2)15-26(65)18-62(8,79)36-10-9-29-28-17-32(31-16-27(95-96(80,81)82)11-13-60(31,6)30(28)12-14-61(29,36)7)87-56-48(77)51(39(68)24(4)85-56)92-58-52(93-54-46(75)43(72)37(66)23(3)84-54)42(71)35(21-83-58)90-59-53(45(74)41(70)34(20-64)89-59)94-57-49(78)50(38(67)25(5)86-57)91-55-47(76)44(73)40(69)33(19-63)88-55;/h12,22-25,27-29,31-59,63-64,66-79H,9-11,13-21H2,1-8H3,(H,80,81,82);/q;+1/p-1/t23?,24?,25?,27-,28?,29?,31+,32-,33?,34?,35?,36-,37?,38?,39?,40?,41?,42?,43?,44?,45?,46?,47?,48?,49?,50?,51?,52?,53?,54?,55?,56?,57?,58?,59?,60+,61-,62?;/m0./s1. The van der Waals surface area contributed by atoms with E-state index in [1.165, 1.54) is 20.8 Å². The van der Waals surface area contributed by atoms with Crippen LogP contribution in [0.4, 0.5) is 0 Å². The molecule has 0 bridgehead atoms. The zero-order valence-corrected chi connectivity index (χ0v) is 58.7. The van der Waals surface area contributed by atoms with Crippen LogP contribution in [0.5, 0.6) is 0 Å². The van der Waals surface area contributed by atoms with Crippen LogP contribution in [0, 0.1) is 40.4 Å². The van der Waals surface area contributed by atoms with Crippen LogP contribution in [-0.2, 0) is 76.2 Å². The van der Waals surface area contributed by atoms with Crippen LogP contribution in [0.15, 0.2) is 11.6 Å². The molecule has 0 amide bonds. The van der Waals surface area contributed by atoms with Crippen molar-refractivity contribution in [2.75, 3.05) is 19.8 Å². The van der Waals surface area contributed by atoms with Gasteiger partial charge < -0.3 is 143 Å². The van der Waals surface area contributed by atoms with Crippen molar-refractivity contribution in [1.29, 1.82) is 0 Å². The van der Waals surface area contributed by atoms with E-state index in [-0.39, 0.29) is 84.7 Å². The third-order valence-corrected chi connectivity index (χ3v) is 22.9. The quantitative estimate of drug-likeness (QED) is 0.0220. The molecule has 6 heterocycles. The largest absolute Gasteiger partial charge is 1.00 e. The Bertz CT molecular complexity index is 2760. The minimum atomic E-state index is -5.17. The van der Waals surface area contributed by atoms with Gasteiger partial charge in [-0.05, 0) is 113 Å². The van der Waals surface area contributed by atoms with E-state index in [0.29, 0.717) is 32.1 Å². The number of ether oxygens (including phenoxy) is 12. The molecule has 10 rings (SSSR count). The Morgan fingerprint density at radius 2 is 1.07 bits per heavy atom. The van der Waals surface area contributed by atoms with E-state index in [2.05, 4.69) is 13.0 Å². The molecular formula is C62H101NaO33S. The summed E-state index contributed by atoms with van der Waals surface area (Å²) in [4.78, 5) is 13.3. The van der Waals surface area contributed by atoms with Crippen molar-refractivity contribution < 1.29 is 190 Å². The molecule has 0 aromatic heterocycles. The van der Waals surface area contributed by atoms with Gasteiger partial charge in [-0.2, -0.15) is 0 Å². The summed E-state index contributed by atoms with van der Waals surface area (Å²) in [5.41, 5.74) is -1.41. The molecule has 0 spiro atoms. The number of carbonyl (C=O) groups is 1. The first-order valence-corrected chi connectivity index (χ1v) is 34.7. The summed E-state index contributed by atoms with van der Waals surface area (Å²) >= 11 is 0. The number of allylic oxidation sites excluding steroid dienone is 2. The van der Waals surface area contributed by atoms with E-state index in [9.17, 15) is 99.5 Å². The number of rotatable bonds is 21. The van der Waals surface area contributed by atoms with Gasteiger partial charge in [-0.1, -0.05) is 39.3 Å². The molecular weight excluding hydrogens is 1330 g/mol. The predicted molar refractivity (Wildman–Crippen MR) is 316 cm³/mol. The predicted octanol–water partition coefficient (Wildman–Crippen LogP) is -8.19. The van der Waals surface area contributed by atoms with E-state index >= 15 is 0 Å². The van der Waals surface area contributed by atoms with Crippen molar-refractivity contribution in [3.63, 3.8) is 0 Å².